The molecule has 0 N–H and O–H groups in total. The van der Waals surface area contributed by atoms with Gasteiger partial charge in [-0.3, -0.25) is 0 Å². The standard InChI is InChI=1S/C13H16N2O2/c1-3-4-5-13-14-8-12(9-15-13)17-11-6-10(7-11)16-2/h8-11H,3,6-7H2,1-2H3. The summed E-state index contributed by atoms with van der Waals surface area (Å²) in [7, 11) is 1.73. The van der Waals surface area contributed by atoms with E-state index in [9.17, 15) is 0 Å². The van der Waals surface area contributed by atoms with Crippen molar-refractivity contribution in [2.45, 2.75) is 38.4 Å². The Kier molecular flexibility index (Phi) is 3.94. The summed E-state index contributed by atoms with van der Waals surface area (Å²) < 4.78 is 10.9. The van der Waals surface area contributed by atoms with E-state index in [1.54, 1.807) is 19.5 Å². The highest BCUT2D eigenvalue weighted by Gasteiger charge is 2.30. The lowest BCUT2D eigenvalue weighted by atomic mass is 9.92. The van der Waals surface area contributed by atoms with E-state index in [1.807, 2.05) is 6.92 Å². The quantitative estimate of drug-likeness (QED) is 0.745. The summed E-state index contributed by atoms with van der Waals surface area (Å²) in [6.07, 6.45) is 6.61. The Morgan fingerprint density at radius 3 is 2.59 bits per heavy atom. The molecule has 0 aromatic carbocycles. The second-order valence-corrected chi connectivity index (χ2v) is 3.97. The Labute approximate surface area is 101 Å². The molecule has 0 radical (unpaired) electrons. The summed E-state index contributed by atoms with van der Waals surface area (Å²) in [5.74, 6) is 7.04. The molecule has 17 heavy (non-hydrogen) atoms. The fourth-order valence-electron chi connectivity index (χ4n) is 1.61. The third-order valence-corrected chi connectivity index (χ3v) is 2.69. The van der Waals surface area contributed by atoms with Gasteiger partial charge in [-0.1, -0.05) is 12.8 Å². The van der Waals surface area contributed by atoms with Crippen molar-refractivity contribution in [1.29, 1.82) is 0 Å². The first kappa shape index (κ1) is 11.9. The highest BCUT2D eigenvalue weighted by molar-refractivity contribution is 5.23. The van der Waals surface area contributed by atoms with Crippen molar-refractivity contribution in [3.05, 3.63) is 18.2 Å². The van der Waals surface area contributed by atoms with Gasteiger partial charge < -0.3 is 9.47 Å². The molecule has 90 valence electrons. The number of nitrogens with zero attached hydrogens (tertiary/aromatic N) is 2. The van der Waals surface area contributed by atoms with Crippen LogP contribution in [0, 0.1) is 11.8 Å². The third kappa shape index (κ3) is 3.18. The molecule has 0 saturated heterocycles. The van der Waals surface area contributed by atoms with Crippen molar-refractivity contribution >= 4 is 0 Å². The van der Waals surface area contributed by atoms with Gasteiger partial charge in [0.15, 0.2) is 5.75 Å². The van der Waals surface area contributed by atoms with Crippen LogP contribution in [0.4, 0.5) is 0 Å². The molecular weight excluding hydrogens is 216 g/mol. The fraction of sp³-hybridized carbons (Fsp3) is 0.538. The largest absolute Gasteiger partial charge is 0.487 e. The van der Waals surface area contributed by atoms with Gasteiger partial charge in [0.05, 0.1) is 18.5 Å². The van der Waals surface area contributed by atoms with Gasteiger partial charge in [-0.15, -0.1) is 0 Å². The van der Waals surface area contributed by atoms with Gasteiger partial charge in [0, 0.05) is 26.4 Å². The van der Waals surface area contributed by atoms with E-state index in [-0.39, 0.29) is 6.10 Å². The number of methoxy groups -OCH3 is 1. The minimum Gasteiger partial charge on any atom is -0.487 e. The van der Waals surface area contributed by atoms with Crippen LogP contribution in [0.25, 0.3) is 0 Å². The fourth-order valence-corrected chi connectivity index (χ4v) is 1.61. The number of aromatic nitrogens is 2. The van der Waals surface area contributed by atoms with Gasteiger partial charge in [-0.05, 0) is 5.92 Å². The van der Waals surface area contributed by atoms with Crippen LogP contribution in [-0.4, -0.2) is 29.3 Å². The summed E-state index contributed by atoms with van der Waals surface area (Å²) in [5, 5.41) is 0. The third-order valence-electron chi connectivity index (χ3n) is 2.69. The first-order valence-corrected chi connectivity index (χ1v) is 5.82. The maximum absolute atomic E-state index is 5.69. The molecule has 0 bridgehead atoms. The zero-order valence-electron chi connectivity index (χ0n) is 10.1. The van der Waals surface area contributed by atoms with Crippen LogP contribution in [0.1, 0.15) is 32.0 Å². The average molecular weight is 232 g/mol. The maximum Gasteiger partial charge on any atom is 0.205 e. The molecule has 1 aliphatic carbocycles. The maximum atomic E-state index is 5.69. The van der Waals surface area contributed by atoms with E-state index in [1.165, 1.54) is 0 Å². The molecule has 1 heterocycles. The first-order chi connectivity index (χ1) is 8.31. The van der Waals surface area contributed by atoms with E-state index in [2.05, 4.69) is 21.8 Å². The summed E-state index contributed by atoms with van der Waals surface area (Å²) >= 11 is 0. The number of rotatable bonds is 3. The van der Waals surface area contributed by atoms with Crippen molar-refractivity contribution in [3.63, 3.8) is 0 Å². The first-order valence-electron chi connectivity index (χ1n) is 5.82. The van der Waals surface area contributed by atoms with Crippen LogP contribution in [0.15, 0.2) is 12.4 Å². The van der Waals surface area contributed by atoms with Crippen LogP contribution >= 0.6 is 0 Å². The van der Waals surface area contributed by atoms with Crippen LogP contribution < -0.4 is 4.74 Å². The molecule has 0 unspecified atom stereocenters. The predicted molar refractivity (Wildman–Crippen MR) is 63.6 cm³/mol. The van der Waals surface area contributed by atoms with E-state index < -0.39 is 0 Å². The molecule has 2 rings (SSSR count). The molecule has 1 aromatic heterocycles. The summed E-state index contributed by atoms with van der Waals surface area (Å²) in [6.45, 7) is 1.99. The Morgan fingerprint density at radius 2 is 2.00 bits per heavy atom. The molecular formula is C13H16N2O2. The Hall–Kier alpha value is -1.60. The predicted octanol–water partition coefficient (Wildman–Crippen LogP) is 1.79. The number of hydrogen-bond donors (Lipinski definition) is 0. The van der Waals surface area contributed by atoms with Gasteiger partial charge in [0.1, 0.15) is 6.10 Å². The van der Waals surface area contributed by atoms with Crippen molar-refractivity contribution in [1.82, 2.24) is 9.97 Å². The monoisotopic (exact) mass is 232 g/mol. The Balaban J connectivity index is 1.86. The zero-order valence-corrected chi connectivity index (χ0v) is 10.1. The molecule has 1 aromatic rings. The molecule has 0 atom stereocenters. The van der Waals surface area contributed by atoms with Crippen LogP contribution in [0.5, 0.6) is 5.75 Å². The van der Waals surface area contributed by atoms with Gasteiger partial charge in [-0.25, -0.2) is 9.97 Å². The smallest absolute Gasteiger partial charge is 0.205 e. The molecule has 0 amide bonds. The summed E-state index contributed by atoms with van der Waals surface area (Å²) in [5.41, 5.74) is 0. The molecule has 0 aliphatic heterocycles. The molecule has 1 fully saturated rings. The highest BCUT2D eigenvalue weighted by atomic mass is 16.5. The lowest BCUT2D eigenvalue weighted by Gasteiger charge is -2.33. The van der Waals surface area contributed by atoms with Crippen molar-refractivity contribution in [2.24, 2.45) is 0 Å². The van der Waals surface area contributed by atoms with Crippen molar-refractivity contribution in [3.8, 4) is 17.6 Å². The van der Waals surface area contributed by atoms with E-state index >= 15 is 0 Å². The van der Waals surface area contributed by atoms with Gasteiger partial charge >= 0.3 is 0 Å². The van der Waals surface area contributed by atoms with E-state index in [4.69, 9.17) is 9.47 Å². The topological polar surface area (TPSA) is 44.2 Å². The van der Waals surface area contributed by atoms with Crippen LogP contribution in [0.2, 0.25) is 0 Å². The number of ether oxygens (including phenoxy) is 2. The molecule has 0 spiro atoms. The van der Waals surface area contributed by atoms with Crippen molar-refractivity contribution in [2.75, 3.05) is 7.11 Å². The molecule has 1 aliphatic rings. The van der Waals surface area contributed by atoms with Gasteiger partial charge in [0.2, 0.25) is 5.82 Å². The lowest BCUT2D eigenvalue weighted by Crippen LogP contribution is -2.38. The minimum atomic E-state index is 0.233. The van der Waals surface area contributed by atoms with E-state index in [0.29, 0.717) is 17.7 Å². The zero-order chi connectivity index (χ0) is 12.1. The molecule has 4 heteroatoms. The molecule has 4 nitrogen and oxygen atoms in total. The van der Waals surface area contributed by atoms with Gasteiger partial charge in [-0.2, -0.15) is 0 Å². The second-order valence-electron chi connectivity index (χ2n) is 3.97. The average Bonchev–Trinajstić information content (AvgIpc) is 2.32. The highest BCUT2D eigenvalue weighted by Crippen LogP contribution is 2.26. The van der Waals surface area contributed by atoms with Gasteiger partial charge in [0.25, 0.3) is 0 Å². The Bertz CT molecular complexity index is 413. The second kappa shape index (κ2) is 5.65. The summed E-state index contributed by atoms with van der Waals surface area (Å²) in [4.78, 5) is 8.25. The lowest BCUT2D eigenvalue weighted by molar-refractivity contribution is -0.0383. The SMILES string of the molecule is CCC#Cc1ncc(OC2CC(OC)C2)cn1. The summed E-state index contributed by atoms with van der Waals surface area (Å²) in [6, 6.07) is 0. The Morgan fingerprint density at radius 1 is 1.29 bits per heavy atom. The minimum absolute atomic E-state index is 0.233. The normalized spacial score (nSPS) is 22.2. The van der Waals surface area contributed by atoms with Crippen LogP contribution in [-0.2, 0) is 4.74 Å². The van der Waals surface area contributed by atoms with E-state index in [0.717, 1.165) is 19.3 Å². The van der Waals surface area contributed by atoms with Crippen molar-refractivity contribution < 1.29 is 9.47 Å². The molecule has 1 saturated carbocycles. The number of hydrogen-bond acceptors (Lipinski definition) is 4. The van der Waals surface area contributed by atoms with Crippen LogP contribution in [0.3, 0.4) is 0 Å².